The van der Waals surface area contributed by atoms with Gasteiger partial charge in [-0.25, -0.2) is 4.98 Å². The maximum Gasteiger partial charge on any atom is 0.278 e. The number of allylic oxidation sites excluding steroid dienone is 1. The van der Waals surface area contributed by atoms with Crippen molar-refractivity contribution in [2.45, 2.75) is 75.2 Å². The zero-order chi connectivity index (χ0) is 33.6. The first-order chi connectivity index (χ1) is 24.0. The van der Waals surface area contributed by atoms with Crippen LogP contribution >= 0.6 is 11.3 Å². The van der Waals surface area contributed by atoms with E-state index in [1.54, 1.807) is 17.0 Å². The number of hydrogen-bond donors (Lipinski definition) is 3. The summed E-state index contributed by atoms with van der Waals surface area (Å²) in [5.74, 6) is -0.658. The van der Waals surface area contributed by atoms with Crippen LogP contribution in [-0.2, 0) is 20.9 Å². The van der Waals surface area contributed by atoms with Crippen molar-refractivity contribution in [3.8, 4) is 10.9 Å². The summed E-state index contributed by atoms with van der Waals surface area (Å²) in [7, 11) is 0. The first-order valence-corrected chi connectivity index (χ1v) is 17.9. The Morgan fingerprint density at radius 2 is 1.76 bits per heavy atom. The molecule has 49 heavy (non-hydrogen) atoms. The van der Waals surface area contributed by atoms with Gasteiger partial charge in [-0.05, 0) is 55.5 Å². The number of carbonyl (C=O) groups is 3. The van der Waals surface area contributed by atoms with Crippen LogP contribution in [0, 0.1) is 5.92 Å². The molecule has 3 amide bonds. The summed E-state index contributed by atoms with van der Waals surface area (Å²) >= 11 is 1.44. The minimum absolute atomic E-state index is 0.141. The van der Waals surface area contributed by atoms with Gasteiger partial charge in [0.25, 0.3) is 11.1 Å². The Bertz CT molecular complexity index is 1770. The third kappa shape index (κ3) is 7.63. The number of hydroxylamine groups is 1. The molecule has 2 fully saturated rings. The topological polar surface area (TPSA) is 122 Å². The van der Waals surface area contributed by atoms with E-state index in [4.69, 9.17) is 9.57 Å². The lowest BCUT2D eigenvalue weighted by atomic mass is 10.0. The Morgan fingerprint density at radius 3 is 2.57 bits per heavy atom. The van der Waals surface area contributed by atoms with Crippen molar-refractivity contribution in [1.29, 1.82) is 0 Å². The van der Waals surface area contributed by atoms with Crippen LogP contribution in [0.25, 0.3) is 10.2 Å². The number of carbonyl (C=O) groups excluding carboxylic acids is 3. The van der Waals surface area contributed by atoms with E-state index in [9.17, 15) is 14.4 Å². The average Bonchev–Trinajstić information content (AvgIpc) is 3.43. The molecule has 3 aliphatic rings. The van der Waals surface area contributed by atoms with Crippen molar-refractivity contribution < 1.29 is 24.0 Å². The van der Waals surface area contributed by atoms with Gasteiger partial charge in [0, 0.05) is 18.9 Å². The highest BCUT2D eigenvalue weighted by molar-refractivity contribution is 7.20. The predicted octanol–water partition coefficient (Wildman–Crippen LogP) is 5.31. The lowest BCUT2D eigenvalue weighted by molar-refractivity contribution is -0.142. The average molecular weight is 680 g/mol. The minimum Gasteiger partial charge on any atom is -0.465 e. The maximum absolute atomic E-state index is 14.4. The molecule has 3 aromatic carbocycles. The third-order valence-corrected chi connectivity index (χ3v) is 10.5. The lowest BCUT2D eigenvalue weighted by Gasteiger charge is -2.30. The number of aromatic nitrogens is 1. The highest BCUT2D eigenvalue weighted by Crippen LogP contribution is 2.45. The zero-order valence-electron chi connectivity index (χ0n) is 27.3. The number of fused-ring (bicyclic) bond motifs is 3. The summed E-state index contributed by atoms with van der Waals surface area (Å²) in [5, 5.41) is 7.08. The van der Waals surface area contributed by atoms with Crippen LogP contribution < -0.4 is 25.7 Å². The molecule has 4 aromatic rings. The predicted molar refractivity (Wildman–Crippen MR) is 188 cm³/mol. The Balaban J connectivity index is 1.14. The van der Waals surface area contributed by atoms with Gasteiger partial charge in [-0.2, -0.15) is 5.48 Å². The van der Waals surface area contributed by atoms with Gasteiger partial charge in [0.1, 0.15) is 17.7 Å². The zero-order valence-corrected chi connectivity index (χ0v) is 28.1. The summed E-state index contributed by atoms with van der Waals surface area (Å²) in [4.78, 5) is 54.3. The van der Waals surface area contributed by atoms with Crippen LogP contribution in [0.1, 0.15) is 50.5 Å². The smallest absolute Gasteiger partial charge is 0.278 e. The number of hydrogen-bond acceptors (Lipinski definition) is 8. The monoisotopic (exact) mass is 679 g/mol. The van der Waals surface area contributed by atoms with E-state index in [0.29, 0.717) is 30.3 Å². The highest BCUT2D eigenvalue weighted by Gasteiger charge is 2.61. The number of thiazole rings is 1. The molecule has 0 bridgehead atoms. The molecule has 3 N–H and O–H groups in total. The largest absolute Gasteiger partial charge is 0.465 e. The third-order valence-electron chi connectivity index (χ3n) is 9.59. The normalized spacial score (nSPS) is 26.4. The second-order valence-electron chi connectivity index (χ2n) is 13.0. The van der Waals surface area contributed by atoms with E-state index in [1.165, 1.54) is 11.3 Å². The van der Waals surface area contributed by atoms with Crippen LogP contribution in [0.2, 0.25) is 0 Å². The van der Waals surface area contributed by atoms with Crippen molar-refractivity contribution in [2.24, 2.45) is 5.92 Å². The van der Waals surface area contributed by atoms with Gasteiger partial charge in [0.15, 0.2) is 5.75 Å². The van der Waals surface area contributed by atoms with E-state index in [-0.39, 0.29) is 30.7 Å². The molecular weight excluding hydrogens is 639 g/mol. The van der Waals surface area contributed by atoms with Crippen molar-refractivity contribution in [3.05, 3.63) is 103 Å². The molecule has 0 unspecified atom stereocenters. The van der Waals surface area contributed by atoms with Gasteiger partial charge >= 0.3 is 0 Å². The van der Waals surface area contributed by atoms with Crippen molar-refractivity contribution in [1.82, 2.24) is 26.0 Å². The van der Waals surface area contributed by atoms with Crippen molar-refractivity contribution in [3.63, 3.8) is 0 Å². The molecule has 0 spiro atoms. The fourth-order valence-corrected chi connectivity index (χ4v) is 7.67. The fourth-order valence-electron chi connectivity index (χ4n) is 6.79. The van der Waals surface area contributed by atoms with Crippen molar-refractivity contribution >= 4 is 39.3 Å². The quantitative estimate of drug-likeness (QED) is 0.171. The maximum atomic E-state index is 14.4. The molecule has 11 heteroatoms. The van der Waals surface area contributed by atoms with E-state index in [1.807, 2.05) is 78.9 Å². The Hall–Kier alpha value is -4.74. The Morgan fingerprint density at radius 1 is 0.980 bits per heavy atom. The molecule has 3 heterocycles. The summed E-state index contributed by atoms with van der Waals surface area (Å²) in [5.41, 5.74) is 3.30. The number of rotatable bonds is 8. The van der Waals surface area contributed by atoms with Crippen LogP contribution in [0.15, 0.2) is 97.1 Å². The molecule has 10 nitrogen and oxygen atoms in total. The number of para-hydroxylation sites is 2. The summed E-state index contributed by atoms with van der Waals surface area (Å²) in [6, 6.07) is 25.5. The second-order valence-corrected chi connectivity index (χ2v) is 14.0. The Kier molecular flexibility index (Phi) is 9.90. The molecular formula is C38H41N5O5S. The molecule has 1 saturated carbocycles. The molecule has 7 rings (SSSR count). The number of benzene rings is 3. The minimum atomic E-state index is -1.19. The Labute approximate surface area is 289 Å². The van der Waals surface area contributed by atoms with Crippen molar-refractivity contribution in [2.75, 3.05) is 6.54 Å². The standard InChI is InChI=1S/C38H41N5O5S/c44-34-32-22-29(47-37-40-30-19-12-13-21-33(30)49-37)25-43(32)35(45)31(39-24-26-14-6-4-7-15-26)20-11-3-1-2-8-16-27-23-38(27,41-34)36(46)42-48-28-17-9-5-10-18-28/h4-10,12-19,21,27,29,31-32,39H,1-3,11,20,22-25H2,(H,41,44)(H,42,46)/b16-8-/t27-,29+,31-,32-,38+/m0/s1. The number of nitrogens with zero attached hydrogens (tertiary/aromatic N) is 2. The van der Waals surface area contributed by atoms with E-state index in [0.717, 1.165) is 41.5 Å². The van der Waals surface area contributed by atoms with Gasteiger partial charge in [-0.15, -0.1) is 0 Å². The summed E-state index contributed by atoms with van der Waals surface area (Å²) < 4.78 is 7.37. The number of ether oxygens (including phenoxy) is 1. The molecule has 2 aliphatic heterocycles. The van der Waals surface area contributed by atoms with Crippen LogP contribution in [-0.4, -0.2) is 57.9 Å². The SMILES string of the molecule is O=C1N[C@]2(C(=O)NOc3ccccc3)C[C@@H]2/C=C\CCCCC[C@H](NCc2ccccc2)C(=O)N2C[C@H](Oc3nc4ccccc4s3)C[C@@H]12. The highest BCUT2D eigenvalue weighted by atomic mass is 32.1. The van der Waals surface area contributed by atoms with Gasteiger partial charge < -0.3 is 25.1 Å². The van der Waals surface area contributed by atoms with E-state index < -0.39 is 29.6 Å². The van der Waals surface area contributed by atoms with Gasteiger partial charge in [0.2, 0.25) is 11.8 Å². The lowest BCUT2D eigenvalue weighted by Crippen LogP contribution is -2.57. The number of amides is 3. The molecule has 1 aromatic heterocycles. The van der Waals surface area contributed by atoms with Crippen LogP contribution in [0.5, 0.6) is 10.9 Å². The van der Waals surface area contributed by atoms with Crippen LogP contribution in [0.4, 0.5) is 0 Å². The molecule has 0 radical (unpaired) electrons. The molecule has 254 valence electrons. The number of nitrogens with one attached hydrogen (secondary N) is 3. The second kappa shape index (κ2) is 14.8. The van der Waals surface area contributed by atoms with Gasteiger partial charge in [0.05, 0.1) is 22.8 Å². The molecule has 5 atom stereocenters. The van der Waals surface area contributed by atoms with E-state index >= 15 is 0 Å². The van der Waals surface area contributed by atoms with E-state index in [2.05, 4.69) is 27.2 Å². The van der Waals surface area contributed by atoms with Gasteiger partial charge in [-0.3, -0.25) is 14.4 Å². The molecule has 1 aliphatic carbocycles. The fraction of sp³-hybridized carbons (Fsp3) is 0.368. The summed E-state index contributed by atoms with van der Waals surface area (Å²) in [6.07, 6.45) is 8.71. The van der Waals surface area contributed by atoms with Gasteiger partial charge in [-0.1, -0.05) is 97.0 Å². The molecule has 1 saturated heterocycles. The van der Waals surface area contributed by atoms with Crippen LogP contribution in [0.3, 0.4) is 0 Å². The first kappa shape index (κ1) is 32.8. The first-order valence-electron chi connectivity index (χ1n) is 17.1. The summed E-state index contributed by atoms with van der Waals surface area (Å²) in [6.45, 7) is 0.763.